The van der Waals surface area contributed by atoms with Crippen LogP contribution in [0.4, 0.5) is 32.0 Å². The molecular weight excluding hydrogens is 655 g/mol. The topological polar surface area (TPSA) is 107 Å². The van der Waals surface area contributed by atoms with Crippen LogP contribution in [0, 0.1) is 17.8 Å². The molecule has 1 aliphatic carbocycles. The highest BCUT2D eigenvalue weighted by Gasteiger charge is 2.58. The van der Waals surface area contributed by atoms with E-state index in [0.717, 1.165) is 11.1 Å². The van der Waals surface area contributed by atoms with Crippen LogP contribution in [0.5, 0.6) is 5.75 Å². The van der Waals surface area contributed by atoms with E-state index in [1.54, 1.807) is 30.3 Å². The predicted molar refractivity (Wildman–Crippen MR) is 167 cm³/mol. The van der Waals surface area contributed by atoms with Gasteiger partial charge in [-0.15, -0.1) is 0 Å². The zero-order valence-corrected chi connectivity index (χ0v) is 25.7. The summed E-state index contributed by atoms with van der Waals surface area (Å²) in [5, 5.41) is 31.7. The highest BCUT2D eigenvalue weighted by Crippen LogP contribution is 2.52. The Balaban J connectivity index is 1.34. The molecule has 3 aromatic rings. The second-order valence-corrected chi connectivity index (χ2v) is 12.4. The summed E-state index contributed by atoms with van der Waals surface area (Å²) >= 11 is 0. The van der Waals surface area contributed by atoms with E-state index in [-0.39, 0.29) is 31.0 Å². The minimum absolute atomic E-state index is 0.0565. The van der Waals surface area contributed by atoms with Crippen molar-refractivity contribution in [2.75, 3.05) is 11.5 Å². The lowest BCUT2D eigenvalue weighted by molar-refractivity contribution is -0.143. The average molecular weight is 685 g/mol. The number of hydrogen-bond acceptors (Lipinski definition) is 6. The maximum Gasteiger partial charge on any atom is 0.455 e. The number of fused-ring (bicyclic) bond motifs is 3. The number of hydrogen-bond donors (Lipinski definition) is 3. The van der Waals surface area contributed by atoms with E-state index in [1.165, 1.54) is 0 Å². The van der Waals surface area contributed by atoms with Crippen molar-refractivity contribution in [3.63, 3.8) is 0 Å². The second-order valence-electron chi connectivity index (χ2n) is 12.4. The molecule has 3 N–H and O–H groups in total. The molecule has 49 heavy (non-hydrogen) atoms. The first-order valence-electron chi connectivity index (χ1n) is 15.5. The van der Waals surface area contributed by atoms with E-state index in [9.17, 15) is 51.2 Å². The molecule has 3 aromatic carbocycles. The van der Waals surface area contributed by atoms with Gasteiger partial charge in [-0.2, -0.15) is 26.3 Å². The number of aliphatic hydroxyl groups is 1. The number of halogens is 6. The Kier molecular flexibility index (Phi) is 9.24. The SMILES string of the molecule is O=C1[C@@H]2[C@@H](CC(CO)=C3[C@@H](CC/C(=C/c4ccccc4O)c4ccccc4)OB(O)C[C@@H]32)C(=O)N1c1cc(C(F)(F)F)cc(C(F)(F)F)c1. The molecule has 2 fully saturated rings. The smallest absolute Gasteiger partial charge is 0.455 e. The van der Waals surface area contributed by atoms with Gasteiger partial charge >= 0.3 is 19.5 Å². The summed E-state index contributed by atoms with van der Waals surface area (Å²) in [6.07, 6.45) is -9.23. The highest BCUT2D eigenvalue weighted by atomic mass is 19.4. The number of amides is 2. The summed E-state index contributed by atoms with van der Waals surface area (Å²) in [4.78, 5) is 28.0. The molecule has 2 amide bonds. The van der Waals surface area contributed by atoms with Crippen LogP contribution >= 0.6 is 0 Å². The number of alkyl halides is 6. The van der Waals surface area contributed by atoms with Crippen molar-refractivity contribution >= 4 is 36.3 Å². The van der Waals surface area contributed by atoms with Crippen molar-refractivity contribution in [2.24, 2.45) is 17.8 Å². The Bertz CT molecular complexity index is 1790. The van der Waals surface area contributed by atoms with Crippen molar-refractivity contribution < 1.29 is 55.8 Å². The normalized spacial score (nSPS) is 23.2. The number of phenols is 1. The Labute approximate surface area is 277 Å². The molecule has 0 bridgehead atoms. The first-order chi connectivity index (χ1) is 23.2. The number of para-hydroxylation sites is 1. The van der Waals surface area contributed by atoms with Gasteiger partial charge in [0.1, 0.15) is 5.75 Å². The van der Waals surface area contributed by atoms with E-state index in [1.807, 2.05) is 30.3 Å². The number of rotatable bonds is 7. The lowest BCUT2D eigenvalue weighted by Crippen LogP contribution is -2.46. The van der Waals surface area contributed by atoms with E-state index in [4.69, 9.17) is 4.65 Å². The van der Waals surface area contributed by atoms with Gasteiger partial charge in [-0.25, -0.2) is 4.90 Å². The number of aliphatic hydroxyl groups excluding tert-OH is 1. The molecular formula is C35H30BF6NO6. The molecule has 6 rings (SSSR count). The van der Waals surface area contributed by atoms with Gasteiger partial charge in [0.25, 0.3) is 0 Å². The molecule has 0 radical (unpaired) electrons. The quantitative estimate of drug-likeness (QED) is 0.0837. The standard InChI is InChI=1S/C35H30BF6NO6/c37-34(38,39)23-14-24(35(40,41)42)16-25(15-23)43-32(46)26-13-22(18-44)30-27(31(26)33(43)47)17-36(48)49-29(30)11-10-20(19-6-2-1-3-7-19)12-21-8-4-5-9-28(21)45/h1-9,12,14-16,26-27,29,31,44-45,48H,10-11,13,17-18H2/b20-12-/t26-,27+,29-,31-/m1/s1. The molecule has 7 nitrogen and oxygen atoms in total. The summed E-state index contributed by atoms with van der Waals surface area (Å²) in [5.74, 6) is -5.19. The van der Waals surface area contributed by atoms with Crippen molar-refractivity contribution in [1.82, 2.24) is 0 Å². The van der Waals surface area contributed by atoms with E-state index in [2.05, 4.69) is 0 Å². The number of benzene rings is 3. The molecule has 3 aliphatic rings. The van der Waals surface area contributed by atoms with E-state index >= 15 is 0 Å². The molecule has 256 valence electrons. The van der Waals surface area contributed by atoms with E-state index in [0.29, 0.717) is 40.2 Å². The minimum atomic E-state index is -5.20. The molecule has 0 spiro atoms. The number of phenolic OH excluding ortho intramolecular Hbond substituents is 1. The van der Waals surface area contributed by atoms with Crippen LogP contribution < -0.4 is 4.90 Å². The third-order valence-electron chi connectivity index (χ3n) is 9.42. The van der Waals surface area contributed by atoms with Gasteiger partial charge in [-0.05, 0) is 84.1 Å². The van der Waals surface area contributed by atoms with Gasteiger partial charge in [0.05, 0.1) is 41.4 Å². The lowest BCUT2D eigenvalue weighted by atomic mass is 9.58. The van der Waals surface area contributed by atoms with Crippen LogP contribution in [0.15, 0.2) is 83.9 Å². The van der Waals surface area contributed by atoms with Crippen LogP contribution in [0.1, 0.15) is 41.5 Å². The zero-order valence-electron chi connectivity index (χ0n) is 25.7. The van der Waals surface area contributed by atoms with Gasteiger partial charge in [0.15, 0.2) is 0 Å². The summed E-state index contributed by atoms with van der Waals surface area (Å²) in [6.45, 7) is -0.548. The van der Waals surface area contributed by atoms with Crippen molar-refractivity contribution in [3.8, 4) is 5.75 Å². The number of carbonyl (C=O) groups is 2. The summed E-state index contributed by atoms with van der Waals surface area (Å²) in [6, 6.07) is 16.6. The fraction of sp³-hybridized carbons (Fsp3) is 0.314. The van der Waals surface area contributed by atoms with Crippen molar-refractivity contribution in [1.29, 1.82) is 0 Å². The molecule has 14 heteroatoms. The van der Waals surface area contributed by atoms with Gasteiger partial charge in [0.2, 0.25) is 11.8 Å². The molecule has 2 saturated heterocycles. The Morgan fingerprint density at radius 3 is 2.14 bits per heavy atom. The minimum Gasteiger partial charge on any atom is -0.507 e. The zero-order chi connectivity index (χ0) is 35.2. The van der Waals surface area contributed by atoms with Gasteiger partial charge < -0.3 is 19.9 Å². The number of carbonyl (C=O) groups excluding carboxylic acids is 2. The third-order valence-corrected chi connectivity index (χ3v) is 9.42. The summed E-state index contributed by atoms with van der Waals surface area (Å²) in [5.41, 5.74) is -1.17. The van der Waals surface area contributed by atoms with Crippen LogP contribution in [-0.2, 0) is 26.6 Å². The highest BCUT2D eigenvalue weighted by molar-refractivity contribution is 6.43. The first-order valence-corrected chi connectivity index (χ1v) is 15.5. The Hall–Kier alpha value is -4.40. The second kappa shape index (κ2) is 13.1. The Morgan fingerprint density at radius 1 is 0.898 bits per heavy atom. The average Bonchev–Trinajstić information content (AvgIpc) is 3.31. The predicted octanol–water partition coefficient (Wildman–Crippen LogP) is 6.74. The molecule has 0 saturated carbocycles. The Morgan fingerprint density at radius 2 is 1.53 bits per heavy atom. The van der Waals surface area contributed by atoms with Gasteiger partial charge in [-0.3, -0.25) is 9.59 Å². The molecule has 0 aromatic heterocycles. The van der Waals surface area contributed by atoms with Gasteiger partial charge in [-0.1, -0.05) is 48.5 Å². The third kappa shape index (κ3) is 6.77. The van der Waals surface area contributed by atoms with E-state index < -0.39 is 78.6 Å². The maximum absolute atomic E-state index is 13.9. The van der Waals surface area contributed by atoms with Crippen LogP contribution in [0.3, 0.4) is 0 Å². The number of aromatic hydroxyl groups is 1. The van der Waals surface area contributed by atoms with Crippen molar-refractivity contribution in [3.05, 3.63) is 106 Å². The van der Waals surface area contributed by atoms with Crippen LogP contribution in [0.2, 0.25) is 6.32 Å². The number of allylic oxidation sites excluding steroid dienone is 1. The molecule has 0 unspecified atom stereocenters. The number of nitrogens with zero attached hydrogens (tertiary/aromatic N) is 1. The molecule has 2 aliphatic heterocycles. The van der Waals surface area contributed by atoms with Crippen LogP contribution in [0.25, 0.3) is 11.6 Å². The number of imide groups is 1. The lowest BCUT2D eigenvalue weighted by Gasteiger charge is -2.43. The fourth-order valence-electron chi connectivity index (χ4n) is 7.27. The monoisotopic (exact) mass is 685 g/mol. The first kappa shape index (κ1) is 34.5. The summed E-state index contributed by atoms with van der Waals surface area (Å²) in [7, 11) is -1.41. The van der Waals surface area contributed by atoms with Crippen molar-refractivity contribution in [2.45, 2.75) is 44.0 Å². The number of anilines is 1. The van der Waals surface area contributed by atoms with Gasteiger partial charge in [0, 0.05) is 5.56 Å². The largest absolute Gasteiger partial charge is 0.507 e. The molecule has 4 atom stereocenters. The summed E-state index contributed by atoms with van der Waals surface area (Å²) < 4.78 is 87.8. The molecule has 2 heterocycles. The maximum atomic E-state index is 13.9. The van der Waals surface area contributed by atoms with Crippen LogP contribution in [-0.4, -0.2) is 46.9 Å². The fourth-order valence-corrected chi connectivity index (χ4v) is 7.27.